The highest BCUT2D eigenvalue weighted by Gasteiger charge is 2.69. The number of fused-ring (bicyclic) bond motifs is 4. The number of halogens is 2. The zero-order valence-corrected chi connectivity index (χ0v) is 19.6. The Morgan fingerprint density at radius 3 is 2.44 bits per heavy atom. The first-order chi connectivity index (χ1) is 15.1. The molecule has 3 fully saturated rings. The molecule has 0 radical (unpaired) electrons. The van der Waals surface area contributed by atoms with Gasteiger partial charge < -0.3 is 15.5 Å². The molecule has 6 heteroatoms. The number of nitrogens with zero attached hydrogens (tertiary/aromatic N) is 1. The maximum absolute atomic E-state index is 16.5. The Morgan fingerprint density at radius 2 is 1.75 bits per heavy atom. The summed E-state index contributed by atoms with van der Waals surface area (Å²) in [5.74, 6) is -0.529. The molecule has 32 heavy (non-hydrogen) atoms. The number of aliphatic hydroxyl groups is 2. The minimum absolute atomic E-state index is 0.00185. The summed E-state index contributed by atoms with van der Waals surface area (Å²) in [6, 6.07) is 3.95. The van der Waals surface area contributed by atoms with E-state index in [0.717, 1.165) is 11.1 Å². The molecule has 4 aliphatic rings. The molecule has 0 spiro atoms. The fourth-order valence-corrected chi connectivity index (χ4v) is 7.35. The Balaban J connectivity index is 0.000000775. The van der Waals surface area contributed by atoms with Gasteiger partial charge in [-0.15, -0.1) is 0 Å². The van der Waals surface area contributed by atoms with E-state index in [1.165, 1.54) is 0 Å². The van der Waals surface area contributed by atoms with Crippen LogP contribution in [0.1, 0.15) is 70.3 Å². The molecule has 0 bridgehead atoms. The molecular formula is C26H38F2N2O2. The Hall–Kier alpha value is -1.37. The molecule has 4 aliphatic carbocycles. The molecule has 1 aromatic heterocycles. The third kappa shape index (κ3) is 3.63. The highest BCUT2D eigenvalue weighted by atomic mass is 19.2. The molecule has 178 valence electrons. The van der Waals surface area contributed by atoms with Gasteiger partial charge in [0.15, 0.2) is 0 Å². The summed E-state index contributed by atoms with van der Waals surface area (Å²) in [5, 5.41) is 24.7. The van der Waals surface area contributed by atoms with Gasteiger partial charge in [-0.05, 0) is 93.6 Å². The highest BCUT2D eigenvalue weighted by Crippen LogP contribution is 2.67. The molecule has 7 atom stereocenters. The Morgan fingerprint density at radius 1 is 1.06 bits per heavy atom. The summed E-state index contributed by atoms with van der Waals surface area (Å²) in [7, 11) is 3.75. The van der Waals surface area contributed by atoms with Crippen molar-refractivity contribution in [3.05, 3.63) is 36.2 Å². The number of nitrogens with one attached hydrogen (secondary N) is 1. The molecule has 0 aromatic carbocycles. The quantitative estimate of drug-likeness (QED) is 0.587. The lowest BCUT2D eigenvalue weighted by molar-refractivity contribution is -0.201. The van der Waals surface area contributed by atoms with Crippen molar-refractivity contribution in [3.63, 3.8) is 0 Å². The molecule has 3 N–H and O–H groups in total. The Labute approximate surface area is 190 Å². The van der Waals surface area contributed by atoms with Crippen molar-refractivity contribution in [3.8, 4) is 0 Å². The van der Waals surface area contributed by atoms with E-state index in [4.69, 9.17) is 0 Å². The zero-order chi connectivity index (χ0) is 23.2. The van der Waals surface area contributed by atoms with Crippen molar-refractivity contribution in [2.45, 2.75) is 87.8 Å². The summed E-state index contributed by atoms with van der Waals surface area (Å²) < 4.78 is 32.5. The molecule has 4 nitrogen and oxygen atoms in total. The van der Waals surface area contributed by atoms with Crippen LogP contribution in [-0.2, 0) is 0 Å². The van der Waals surface area contributed by atoms with E-state index in [1.54, 1.807) is 12.4 Å². The van der Waals surface area contributed by atoms with Crippen LogP contribution in [0.4, 0.5) is 8.78 Å². The van der Waals surface area contributed by atoms with Crippen LogP contribution in [0, 0.1) is 17.3 Å². The first-order valence-corrected chi connectivity index (χ1v) is 12.1. The van der Waals surface area contributed by atoms with Crippen LogP contribution < -0.4 is 5.32 Å². The number of aromatic nitrogens is 1. The standard InChI is InChI=1S/C24H31F2NO2.C2H7N/c1-21-10-11-23(26)15-22(25)14-18(28)3-2-17(22)6-9-24(23,29)20(21)5-4-19(21)16-7-12-27-13-8-16;1-3-2/h4,7-8,12-13,17-18,20,28-29H,2-3,5-6,9-11,14-15H2,1H3;3H,1-2H3/t17?,18?,20?,21?,22?,23?,24-;/m0./s1. The summed E-state index contributed by atoms with van der Waals surface area (Å²) in [4.78, 5) is 4.10. The SMILES string of the molecule is CC12CCC3(F)CC4(F)CC(O)CCC4CC[C@]3(O)C1CC=C2c1ccncc1.CNC. The average Bonchev–Trinajstić information content (AvgIpc) is 3.06. The van der Waals surface area contributed by atoms with E-state index < -0.39 is 23.0 Å². The molecule has 1 aromatic rings. The predicted octanol–water partition coefficient (Wildman–Crippen LogP) is 4.61. The minimum Gasteiger partial charge on any atom is -0.393 e. The maximum atomic E-state index is 16.5. The Kier molecular flexibility index (Phi) is 6.27. The van der Waals surface area contributed by atoms with Gasteiger partial charge in [0.05, 0.1) is 6.10 Å². The average molecular weight is 449 g/mol. The van der Waals surface area contributed by atoms with Gasteiger partial charge in [0, 0.05) is 31.2 Å². The van der Waals surface area contributed by atoms with Gasteiger partial charge in [-0.1, -0.05) is 13.0 Å². The zero-order valence-electron chi connectivity index (χ0n) is 19.6. The second-order valence-corrected chi connectivity index (χ2v) is 10.8. The lowest BCUT2D eigenvalue weighted by atomic mass is 9.53. The van der Waals surface area contributed by atoms with Crippen LogP contribution in [0.3, 0.4) is 0 Å². The number of pyridine rings is 1. The number of hydrogen-bond acceptors (Lipinski definition) is 4. The number of aliphatic hydroxyl groups excluding tert-OH is 1. The molecule has 3 saturated carbocycles. The highest BCUT2D eigenvalue weighted by molar-refractivity contribution is 5.73. The van der Waals surface area contributed by atoms with Crippen LogP contribution in [0.2, 0.25) is 0 Å². The van der Waals surface area contributed by atoms with Gasteiger partial charge in [0.1, 0.15) is 16.9 Å². The Bertz CT molecular complexity index is 851. The number of allylic oxidation sites excluding steroid dienone is 2. The first kappa shape index (κ1) is 23.8. The van der Waals surface area contributed by atoms with Crippen molar-refractivity contribution >= 4 is 5.57 Å². The summed E-state index contributed by atoms with van der Waals surface area (Å²) in [5.41, 5.74) is -3.29. The summed E-state index contributed by atoms with van der Waals surface area (Å²) in [6.45, 7) is 2.14. The van der Waals surface area contributed by atoms with Crippen LogP contribution in [0.15, 0.2) is 30.6 Å². The van der Waals surface area contributed by atoms with Crippen LogP contribution in [0.5, 0.6) is 0 Å². The van der Waals surface area contributed by atoms with E-state index >= 15 is 8.78 Å². The van der Waals surface area contributed by atoms with Gasteiger partial charge in [-0.2, -0.15) is 0 Å². The second kappa shape index (κ2) is 8.44. The van der Waals surface area contributed by atoms with Crippen LogP contribution in [0.25, 0.3) is 5.57 Å². The lowest BCUT2D eigenvalue weighted by Gasteiger charge is -2.56. The van der Waals surface area contributed by atoms with E-state index in [-0.39, 0.29) is 36.5 Å². The molecule has 0 aliphatic heterocycles. The van der Waals surface area contributed by atoms with Gasteiger partial charge in [-0.3, -0.25) is 4.98 Å². The topological polar surface area (TPSA) is 65.4 Å². The van der Waals surface area contributed by atoms with E-state index in [1.807, 2.05) is 26.2 Å². The van der Waals surface area contributed by atoms with Crippen LogP contribution >= 0.6 is 0 Å². The van der Waals surface area contributed by atoms with E-state index in [2.05, 4.69) is 23.3 Å². The number of alkyl halides is 2. The van der Waals surface area contributed by atoms with Gasteiger partial charge >= 0.3 is 0 Å². The molecule has 5 rings (SSSR count). The van der Waals surface area contributed by atoms with Crippen molar-refractivity contribution in [2.75, 3.05) is 14.1 Å². The third-order valence-corrected chi connectivity index (χ3v) is 8.93. The van der Waals surface area contributed by atoms with E-state index in [9.17, 15) is 10.2 Å². The smallest absolute Gasteiger partial charge is 0.142 e. The lowest BCUT2D eigenvalue weighted by Crippen LogP contribution is -2.63. The van der Waals surface area contributed by atoms with Crippen molar-refractivity contribution in [1.82, 2.24) is 10.3 Å². The van der Waals surface area contributed by atoms with Crippen molar-refractivity contribution < 1.29 is 19.0 Å². The molecular weight excluding hydrogens is 410 g/mol. The third-order valence-electron chi connectivity index (χ3n) is 8.93. The minimum atomic E-state index is -1.95. The number of hydrogen-bond donors (Lipinski definition) is 3. The predicted molar refractivity (Wildman–Crippen MR) is 122 cm³/mol. The van der Waals surface area contributed by atoms with Crippen molar-refractivity contribution in [2.24, 2.45) is 17.3 Å². The molecule has 0 saturated heterocycles. The van der Waals surface area contributed by atoms with Gasteiger partial charge in [0.2, 0.25) is 0 Å². The molecule has 6 unspecified atom stereocenters. The second-order valence-electron chi connectivity index (χ2n) is 10.8. The largest absolute Gasteiger partial charge is 0.393 e. The normalized spacial score (nSPS) is 45.3. The first-order valence-electron chi connectivity index (χ1n) is 12.1. The maximum Gasteiger partial charge on any atom is 0.142 e. The summed E-state index contributed by atoms with van der Waals surface area (Å²) >= 11 is 0. The fraction of sp³-hybridized carbons (Fsp3) is 0.731. The monoisotopic (exact) mass is 448 g/mol. The molecule has 1 heterocycles. The van der Waals surface area contributed by atoms with E-state index in [0.29, 0.717) is 38.5 Å². The fourth-order valence-electron chi connectivity index (χ4n) is 7.35. The van der Waals surface area contributed by atoms with Gasteiger partial charge in [0.25, 0.3) is 0 Å². The number of rotatable bonds is 1. The van der Waals surface area contributed by atoms with Crippen molar-refractivity contribution in [1.29, 1.82) is 0 Å². The van der Waals surface area contributed by atoms with Crippen LogP contribution in [-0.4, -0.2) is 52.3 Å². The summed E-state index contributed by atoms with van der Waals surface area (Å²) in [6.07, 6.45) is 7.99. The van der Waals surface area contributed by atoms with Gasteiger partial charge in [-0.25, -0.2) is 8.78 Å². The molecule has 0 amide bonds.